The lowest BCUT2D eigenvalue weighted by molar-refractivity contribution is 0.0596. The lowest BCUT2D eigenvalue weighted by atomic mass is 9.78. The van der Waals surface area contributed by atoms with Crippen molar-refractivity contribution in [2.24, 2.45) is 5.41 Å². The molecule has 0 bridgehead atoms. The van der Waals surface area contributed by atoms with Crippen LogP contribution < -0.4 is 0 Å². The van der Waals surface area contributed by atoms with Crippen molar-refractivity contribution in [1.29, 1.82) is 0 Å². The number of halogens is 1. The molecule has 0 radical (unpaired) electrons. The molecule has 18 heavy (non-hydrogen) atoms. The van der Waals surface area contributed by atoms with Crippen molar-refractivity contribution < 1.29 is 9.18 Å². The minimum Gasteiger partial charge on any atom is -0.339 e. The van der Waals surface area contributed by atoms with Crippen molar-refractivity contribution in [2.45, 2.75) is 33.1 Å². The zero-order valence-corrected chi connectivity index (χ0v) is 11.1. The average molecular weight is 249 g/mol. The summed E-state index contributed by atoms with van der Waals surface area (Å²) in [6.45, 7) is 5.92. The van der Waals surface area contributed by atoms with Gasteiger partial charge in [0, 0.05) is 13.1 Å². The number of benzene rings is 1. The number of carbonyl (C=O) groups excluding carboxylic acids is 1. The van der Waals surface area contributed by atoms with Crippen LogP contribution in [0.4, 0.5) is 4.39 Å². The number of piperidine rings is 1. The molecule has 0 aliphatic carbocycles. The molecule has 0 unspecified atom stereocenters. The highest BCUT2D eigenvalue weighted by Crippen LogP contribution is 2.34. The van der Waals surface area contributed by atoms with Gasteiger partial charge >= 0.3 is 0 Å². The molecule has 1 aliphatic heterocycles. The van der Waals surface area contributed by atoms with Crippen LogP contribution in [0.2, 0.25) is 0 Å². The summed E-state index contributed by atoms with van der Waals surface area (Å²) in [7, 11) is 0. The number of hydrogen-bond donors (Lipinski definition) is 0. The fraction of sp³-hybridized carbons (Fsp3) is 0.533. The van der Waals surface area contributed by atoms with E-state index in [0.717, 1.165) is 32.4 Å². The zero-order valence-electron chi connectivity index (χ0n) is 11.1. The second kappa shape index (κ2) is 5.09. The number of amides is 1. The molecule has 3 heteroatoms. The zero-order chi connectivity index (χ0) is 13.2. The van der Waals surface area contributed by atoms with Gasteiger partial charge in [0.25, 0.3) is 5.91 Å². The molecule has 0 atom stereocenters. The summed E-state index contributed by atoms with van der Waals surface area (Å²) in [6.07, 6.45) is 3.14. The number of hydrogen-bond acceptors (Lipinski definition) is 1. The van der Waals surface area contributed by atoms with Crippen molar-refractivity contribution in [2.75, 3.05) is 13.1 Å². The topological polar surface area (TPSA) is 20.3 Å². The molecule has 2 nitrogen and oxygen atoms in total. The normalized spacial score (nSPS) is 18.7. The fourth-order valence-electron chi connectivity index (χ4n) is 2.41. The molecule has 2 rings (SSSR count). The van der Waals surface area contributed by atoms with Crippen LogP contribution in [0.15, 0.2) is 24.3 Å². The molecule has 1 aromatic rings. The van der Waals surface area contributed by atoms with E-state index in [1.165, 1.54) is 6.07 Å². The highest BCUT2D eigenvalue weighted by molar-refractivity contribution is 5.94. The molecule has 0 N–H and O–H groups in total. The predicted octanol–water partition coefficient (Wildman–Crippen LogP) is 3.48. The van der Waals surface area contributed by atoms with E-state index in [9.17, 15) is 9.18 Å². The van der Waals surface area contributed by atoms with Gasteiger partial charge in [-0.05, 0) is 30.4 Å². The molecule has 0 aromatic heterocycles. The smallest absolute Gasteiger partial charge is 0.256 e. The Kier molecular flexibility index (Phi) is 3.69. The Morgan fingerprint density at radius 2 is 1.94 bits per heavy atom. The van der Waals surface area contributed by atoms with Crippen LogP contribution in [0, 0.1) is 11.2 Å². The van der Waals surface area contributed by atoms with Gasteiger partial charge in [0.2, 0.25) is 0 Å². The van der Waals surface area contributed by atoms with E-state index >= 15 is 0 Å². The molecular weight excluding hydrogens is 229 g/mol. The molecule has 1 aliphatic rings. The monoisotopic (exact) mass is 249 g/mol. The third-order valence-electron chi connectivity index (χ3n) is 4.22. The Balaban J connectivity index is 2.07. The summed E-state index contributed by atoms with van der Waals surface area (Å²) in [4.78, 5) is 14.0. The lowest BCUT2D eigenvalue weighted by Crippen LogP contribution is -2.42. The fourth-order valence-corrected chi connectivity index (χ4v) is 2.41. The molecule has 0 spiro atoms. The van der Waals surface area contributed by atoms with Crippen molar-refractivity contribution in [3.8, 4) is 0 Å². The van der Waals surface area contributed by atoms with E-state index < -0.39 is 5.82 Å². The molecule has 1 aromatic carbocycles. The number of rotatable bonds is 2. The third kappa shape index (κ3) is 2.55. The predicted molar refractivity (Wildman–Crippen MR) is 69.9 cm³/mol. The first-order chi connectivity index (χ1) is 8.56. The van der Waals surface area contributed by atoms with Crippen LogP contribution in [0.25, 0.3) is 0 Å². The van der Waals surface area contributed by atoms with Crippen LogP contribution in [-0.4, -0.2) is 23.9 Å². The molecule has 1 saturated heterocycles. The summed E-state index contributed by atoms with van der Waals surface area (Å²) < 4.78 is 13.6. The van der Waals surface area contributed by atoms with Gasteiger partial charge in [-0.2, -0.15) is 0 Å². The number of carbonyl (C=O) groups is 1. The summed E-state index contributed by atoms with van der Waals surface area (Å²) in [5, 5.41) is 0. The molecule has 1 amide bonds. The Morgan fingerprint density at radius 3 is 2.50 bits per heavy atom. The van der Waals surface area contributed by atoms with E-state index in [1.54, 1.807) is 23.1 Å². The molecule has 0 saturated carbocycles. The van der Waals surface area contributed by atoms with Crippen LogP contribution in [-0.2, 0) is 0 Å². The highest BCUT2D eigenvalue weighted by Gasteiger charge is 2.31. The molecule has 98 valence electrons. The van der Waals surface area contributed by atoms with Gasteiger partial charge in [-0.1, -0.05) is 32.4 Å². The first-order valence-electron chi connectivity index (χ1n) is 6.59. The largest absolute Gasteiger partial charge is 0.339 e. The SMILES string of the molecule is CCC1(C)CCN(C(=O)c2ccccc2F)CC1. The van der Waals surface area contributed by atoms with Crippen LogP contribution in [0.3, 0.4) is 0 Å². The molecular formula is C15H20FNO. The highest BCUT2D eigenvalue weighted by atomic mass is 19.1. The number of likely N-dealkylation sites (tertiary alicyclic amines) is 1. The van der Waals surface area contributed by atoms with Gasteiger partial charge in [0.15, 0.2) is 0 Å². The van der Waals surface area contributed by atoms with Crippen LogP contribution in [0.1, 0.15) is 43.5 Å². The van der Waals surface area contributed by atoms with Gasteiger partial charge in [-0.15, -0.1) is 0 Å². The van der Waals surface area contributed by atoms with Gasteiger partial charge in [0.1, 0.15) is 5.82 Å². The Morgan fingerprint density at radius 1 is 1.33 bits per heavy atom. The van der Waals surface area contributed by atoms with Crippen molar-refractivity contribution in [1.82, 2.24) is 4.90 Å². The summed E-state index contributed by atoms with van der Waals surface area (Å²) in [5.41, 5.74) is 0.532. The van der Waals surface area contributed by atoms with Gasteiger partial charge in [-0.25, -0.2) is 4.39 Å². The maximum atomic E-state index is 13.6. The van der Waals surface area contributed by atoms with E-state index in [0.29, 0.717) is 5.41 Å². The minimum atomic E-state index is -0.425. The van der Waals surface area contributed by atoms with Crippen LogP contribution >= 0.6 is 0 Å². The van der Waals surface area contributed by atoms with Gasteiger partial charge in [0.05, 0.1) is 5.56 Å². The van der Waals surface area contributed by atoms with E-state index in [2.05, 4.69) is 13.8 Å². The van der Waals surface area contributed by atoms with E-state index in [1.807, 2.05) is 0 Å². The minimum absolute atomic E-state index is 0.175. The first kappa shape index (κ1) is 13.1. The average Bonchev–Trinajstić information content (AvgIpc) is 2.39. The summed E-state index contributed by atoms with van der Waals surface area (Å²) in [5.74, 6) is -0.599. The Hall–Kier alpha value is -1.38. The summed E-state index contributed by atoms with van der Waals surface area (Å²) in [6, 6.07) is 6.21. The summed E-state index contributed by atoms with van der Waals surface area (Å²) >= 11 is 0. The number of nitrogens with zero attached hydrogens (tertiary/aromatic N) is 1. The Labute approximate surface area is 108 Å². The quantitative estimate of drug-likeness (QED) is 0.785. The molecule has 1 fully saturated rings. The van der Waals surface area contributed by atoms with Crippen molar-refractivity contribution in [3.63, 3.8) is 0 Å². The molecule has 1 heterocycles. The second-order valence-corrected chi connectivity index (χ2v) is 5.44. The van der Waals surface area contributed by atoms with E-state index in [-0.39, 0.29) is 11.5 Å². The van der Waals surface area contributed by atoms with E-state index in [4.69, 9.17) is 0 Å². The van der Waals surface area contributed by atoms with Crippen molar-refractivity contribution >= 4 is 5.91 Å². The maximum absolute atomic E-state index is 13.6. The third-order valence-corrected chi connectivity index (χ3v) is 4.22. The van der Waals surface area contributed by atoms with Crippen molar-refractivity contribution in [3.05, 3.63) is 35.6 Å². The first-order valence-corrected chi connectivity index (χ1v) is 6.59. The van der Waals surface area contributed by atoms with Gasteiger partial charge < -0.3 is 4.90 Å². The standard InChI is InChI=1S/C15H20FNO/c1-3-15(2)8-10-17(11-9-15)14(18)12-6-4-5-7-13(12)16/h4-7H,3,8-11H2,1-2H3. The van der Waals surface area contributed by atoms with Gasteiger partial charge in [-0.3, -0.25) is 4.79 Å². The maximum Gasteiger partial charge on any atom is 0.256 e. The lowest BCUT2D eigenvalue weighted by Gasteiger charge is -2.39. The van der Waals surface area contributed by atoms with Crippen LogP contribution in [0.5, 0.6) is 0 Å². The second-order valence-electron chi connectivity index (χ2n) is 5.44. The Bertz CT molecular complexity index is 436.